The van der Waals surface area contributed by atoms with Crippen molar-refractivity contribution in [1.82, 2.24) is 14.9 Å². The van der Waals surface area contributed by atoms with Crippen LogP contribution < -0.4 is 10.1 Å². The van der Waals surface area contributed by atoms with Gasteiger partial charge in [0.25, 0.3) is 5.91 Å². The zero-order valence-corrected chi connectivity index (χ0v) is 15.4. The molecule has 5 nitrogen and oxygen atoms in total. The molecule has 0 radical (unpaired) electrons. The monoisotopic (exact) mass is 371 g/mol. The number of nitrogens with zero attached hydrogens (tertiary/aromatic N) is 2. The fourth-order valence-corrected chi connectivity index (χ4v) is 3.04. The highest BCUT2D eigenvalue weighted by Crippen LogP contribution is 2.21. The number of hydrogen-bond acceptors (Lipinski definition) is 3. The Morgan fingerprint density at radius 1 is 0.893 bits per heavy atom. The Balaban J connectivity index is 1.27. The van der Waals surface area contributed by atoms with E-state index in [9.17, 15) is 4.79 Å². The van der Waals surface area contributed by atoms with E-state index >= 15 is 0 Å². The molecule has 1 amide bonds. The van der Waals surface area contributed by atoms with Crippen molar-refractivity contribution in [3.8, 4) is 11.5 Å². The summed E-state index contributed by atoms with van der Waals surface area (Å²) in [5.41, 5.74) is 2.72. The van der Waals surface area contributed by atoms with Crippen LogP contribution in [0, 0.1) is 0 Å². The van der Waals surface area contributed by atoms with Crippen molar-refractivity contribution in [2.45, 2.75) is 13.0 Å². The molecule has 140 valence electrons. The number of aromatic nitrogens is 2. The third kappa shape index (κ3) is 4.20. The minimum atomic E-state index is -0.0817. The summed E-state index contributed by atoms with van der Waals surface area (Å²) in [7, 11) is 0. The van der Waals surface area contributed by atoms with Crippen molar-refractivity contribution < 1.29 is 9.53 Å². The molecule has 0 aliphatic rings. The summed E-state index contributed by atoms with van der Waals surface area (Å²) in [4.78, 5) is 16.7. The molecule has 0 fully saturated rings. The van der Waals surface area contributed by atoms with E-state index in [-0.39, 0.29) is 5.91 Å². The van der Waals surface area contributed by atoms with Crippen LogP contribution in [0.15, 0.2) is 85.2 Å². The van der Waals surface area contributed by atoms with Crippen molar-refractivity contribution in [2.24, 2.45) is 0 Å². The first kappa shape index (κ1) is 17.8. The molecular formula is C23H21N3O2. The molecule has 5 heteroatoms. The SMILES string of the molecule is O=C(NCCCn1cnc2ccccc21)c1ccc(Oc2ccccc2)cc1. The van der Waals surface area contributed by atoms with Crippen LogP contribution in [-0.2, 0) is 6.54 Å². The van der Waals surface area contributed by atoms with Gasteiger partial charge in [-0.05, 0) is 55.0 Å². The third-order valence-electron chi connectivity index (χ3n) is 4.48. The number of rotatable bonds is 7. The average molecular weight is 371 g/mol. The fourth-order valence-electron chi connectivity index (χ4n) is 3.04. The van der Waals surface area contributed by atoms with Crippen LogP contribution in [0.25, 0.3) is 11.0 Å². The van der Waals surface area contributed by atoms with Gasteiger partial charge < -0.3 is 14.6 Å². The lowest BCUT2D eigenvalue weighted by Crippen LogP contribution is -2.25. The van der Waals surface area contributed by atoms with Gasteiger partial charge in [0.2, 0.25) is 0 Å². The maximum atomic E-state index is 12.3. The van der Waals surface area contributed by atoms with Gasteiger partial charge in [-0.1, -0.05) is 30.3 Å². The first-order valence-electron chi connectivity index (χ1n) is 9.31. The summed E-state index contributed by atoms with van der Waals surface area (Å²) in [6.07, 6.45) is 2.68. The van der Waals surface area contributed by atoms with Crippen LogP contribution in [0.3, 0.4) is 0 Å². The number of benzene rings is 3. The van der Waals surface area contributed by atoms with Gasteiger partial charge in [-0.2, -0.15) is 0 Å². The molecule has 3 aromatic carbocycles. The first-order chi connectivity index (χ1) is 13.8. The molecule has 0 saturated carbocycles. The van der Waals surface area contributed by atoms with Crippen LogP contribution in [0.4, 0.5) is 0 Å². The van der Waals surface area contributed by atoms with Gasteiger partial charge in [0.15, 0.2) is 0 Å². The van der Waals surface area contributed by atoms with E-state index in [1.165, 1.54) is 0 Å². The minimum absolute atomic E-state index is 0.0817. The quantitative estimate of drug-likeness (QED) is 0.481. The maximum Gasteiger partial charge on any atom is 0.251 e. The van der Waals surface area contributed by atoms with Crippen LogP contribution in [0.1, 0.15) is 16.8 Å². The van der Waals surface area contributed by atoms with Crippen LogP contribution in [0.5, 0.6) is 11.5 Å². The van der Waals surface area contributed by atoms with Crippen molar-refractivity contribution in [3.63, 3.8) is 0 Å². The molecule has 0 aliphatic carbocycles. The second-order valence-electron chi connectivity index (χ2n) is 6.48. The lowest BCUT2D eigenvalue weighted by Gasteiger charge is -2.08. The Morgan fingerprint density at radius 3 is 2.43 bits per heavy atom. The Bertz CT molecular complexity index is 1060. The molecule has 0 bridgehead atoms. The summed E-state index contributed by atoms with van der Waals surface area (Å²) < 4.78 is 7.86. The van der Waals surface area contributed by atoms with Crippen molar-refractivity contribution in [1.29, 1.82) is 0 Å². The third-order valence-corrected chi connectivity index (χ3v) is 4.48. The standard InChI is InChI=1S/C23H21N3O2/c27-23(18-11-13-20(14-12-18)28-19-7-2-1-3-8-19)24-15-6-16-26-17-25-21-9-4-5-10-22(21)26/h1-5,7-14,17H,6,15-16H2,(H,24,27). The van der Waals surface area contributed by atoms with E-state index in [4.69, 9.17) is 4.74 Å². The topological polar surface area (TPSA) is 56.2 Å². The van der Waals surface area contributed by atoms with Gasteiger partial charge in [-0.15, -0.1) is 0 Å². The van der Waals surface area contributed by atoms with E-state index in [0.717, 1.165) is 29.7 Å². The molecule has 1 aromatic heterocycles. The second kappa shape index (κ2) is 8.39. The number of imidazole rings is 1. The minimum Gasteiger partial charge on any atom is -0.457 e. The zero-order valence-electron chi connectivity index (χ0n) is 15.4. The Morgan fingerprint density at radius 2 is 1.61 bits per heavy atom. The molecule has 1 heterocycles. The number of carbonyl (C=O) groups excluding carboxylic acids is 1. The summed E-state index contributed by atoms with van der Waals surface area (Å²) in [5, 5.41) is 2.97. The molecule has 0 atom stereocenters. The Labute approximate surface area is 163 Å². The average Bonchev–Trinajstić information content (AvgIpc) is 3.15. The Kier molecular flexibility index (Phi) is 5.33. The normalized spacial score (nSPS) is 10.7. The van der Waals surface area contributed by atoms with Crippen LogP contribution in [-0.4, -0.2) is 22.0 Å². The summed E-state index contributed by atoms with van der Waals surface area (Å²) in [6.45, 7) is 1.41. The van der Waals surface area contributed by atoms with Gasteiger partial charge in [-0.25, -0.2) is 4.98 Å². The van der Waals surface area contributed by atoms with Gasteiger partial charge >= 0.3 is 0 Å². The van der Waals surface area contributed by atoms with E-state index in [2.05, 4.69) is 20.9 Å². The molecule has 0 spiro atoms. The molecule has 4 aromatic rings. The maximum absolute atomic E-state index is 12.3. The first-order valence-corrected chi connectivity index (χ1v) is 9.31. The second-order valence-corrected chi connectivity index (χ2v) is 6.48. The summed E-state index contributed by atoms with van der Waals surface area (Å²) in [6, 6.07) is 24.8. The molecular weight excluding hydrogens is 350 g/mol. The van der Waals surface area contributed by atoms with Crippen molar-refractivity contribution >= 4 is 16.9 Å². The van der Waals surface area contributed by atoms with E-state index < -0.39 is 0 Å². The van der Waals surface area contributed by atoms with Gasteiger partial charge in [0.05, 0.1) is 17.4 Å². The highest BCUT2D eigenvalue weighted by atomic mass is 16.5. The molecule has 4 rings (SSSR count). The number of carbonyl (C=O) groups is 1. The van der Waals surface area contributed by atoms with E-state index in [1.54, 1.807) is 24.3 Å². The molecule has 0 saturated heterocycles. The van der Waals surface area contributed by atoms with Gasteiger partial charge in [0, 0.05) is 18.7 Å². The summed E-state index contributed by atoms with van der Waals surface area (Å²) in [5.74, 6) is 1.39. The number of aryl methyl sites for hydroxylation is 1. The highest BCUT2D eigenvalue weighted by Gasteiger charge is 2.06. The smallest absolute Gasteiger partial charge is 0.251 e. The Hall–Kier alpha value is -3.60. The lowest BCUT2D eigenvalue weighted by molar-refractivity contribution is 0.0953. The van der Waals surface area contributed by atoms with E-state index in [1.807, 2.05) is 54.9 Å². The van der Waals surface area contributed by atoms with Crippen LogP contribution >= 0.6 is 0 Å². The fraction of sp³-hybridized carbons (Fsp3) is 0.130. The molecule has 1 N–H and O–H groups in total. The van der Waals surface area contributed by atoms with E-state index in [0.29, 0.717) is 17.9 Å². The number of nitrogens with one attached hydrogen (secondary N) is 1. The molecule has 0 aliphatic heterocycles. The summed E-state index contributed by atoms with van der Waals surface area (Å²) >= 11 is 0. The van der Waals surface area contributed by atoms with Crippen LogP contribution in [0.2, 0.25) is 0 Å². The predicted octanol–water partition coefficient (Wildman–Crippen LogP) is 4.65. The number of para-hydroxylation sites is 3. The van der Waals surface area contributed by atoms with Gasteiger partial charge in [0.1, 0.15) is 11.5 Å². The van der Waals surface area contributed by atoms with Gasteiger partial charge in [-0.3, -0.25) is 4.79 Å². The largest absolute Gasteiger partial charge is 0.457 e. The zero-order chi connectivity index (χ0) is 19.2. The highest BCUT2D eigenvalue weighted by molar-refractivity contribution is 5.94. The van der Waals surface area contributed by atoms with Crippen molar-refractivity contribution in [2.75, 3.05) is 6.54 Å². The predicted molar refractivity (Wildman–Crippen MR) is 110 cm³/mol. The van der Waals surface area contributed by atoms with Crippen molar-refractivity contribution in [3.05, 3.63) is 90.8 Å². The number of fused-ring (bicyclic) bond motifs is 1. The molecule has 0 unspecified atom stereocenters. The molecule has 28 heavy (non-hydrogen) atoms. The number of hydrogen-bond donors (Lipinski definition) is 1. The lowest BCUT2D eigenvalue weighted by atomic mass is 10.2. The number of amides is 1. The number of ether oxygens (including phenoxy) is 1.